The largest absolute Gasteiger partial charge is 0.486 e. The first-order valence-electron chi connectivity index (χ1n) is 13.9. The number of aliphatic hydroxyl groups excluding tert-OH is 1. The minimum atomic E-state index is -0.303. The molecule has 0 radical (unpaired) electrons. The average Bonchev–Trinajstić information content (AvgIpc) is 3.50. The van der Waals surface area contributed by atoms with Crippen molar-refractivity contribution in [3.05, 3.63) is 65.9 Å². The molecule has 1 saturated heterocycles. The Morgan fingerprint density at radius 3 is 2.90 bits per heavy atom. The van der Waals surface area contributed by atoms with Gasteiger partial charge in [-0.2, -0.15) is 5.26 Å². The summed E-state index contributed by atoms with van der Waals surface area (Å²) in [5, 5.41) is 28.9. The van der Waals surface area contributed by atoms with Crippen molar-refractivity contribution >= 4 is 33.9 Å². The summed E-state index contributed by atoms with van der Waals surface area (Å²) in [5.41, 5.74) is 3.40. The van der Waals surface area contributed by atoms with Crippen LogP contribution in [-0.2, 0) is 9.53 Å². The zero-order valence-corrected chi connectivity index (χ0v) is 23.0. The van der Waals surface area contributed by atoms with Gasteiger partial charge in [0.05, 0.1) is 35.7 Å². The highest BCUT2D eigenvalue weighted by Gasteiger charge is 2.21. The van der Waals surface area contributed by atoms with Gasteiger partial charge in [-0.05, 0) is 43.7 Å². The van der Waals surface area contributed by atoms with Gasteiger partial charge in [0, 0.05) is 54.5 Å². The monoisotopic (exact) mass is 553 g/mol. The number of pyridine rings is 1. The lowest BCUT2D eigenvalue weighted by atomic mass is 10.1. The van der Waals surface area contributed by atoms with Crippen LogP contribution in [0.15, 0.2) is 54.7 Å². The summed E-state index contributed by atoms with van der Waals surface area (Å²) < 4.78 is 11.7. The van der Waals surface area contributed by atoms with Crippen LogP contribution in [0, 0.1) is 23.7 Å². The summed E-state index contributed by atoms with van der Waals surface area (Å²) in [6.45, 7) is 2.73. The van der Waals surface area contributed by atoms with E-state index >= 15 is 0 Å². The van der Waals surface area contributed by atoms with Crippen molar-refractivity contribution in [1.82, 2.24) is 10.3 Å². The van der Waals surface area contributed by atoms with Crippen molar-refractivity contribution in [2.75, 3.05) is 43.5 Å². The fraction of sp³-hybridized carbons (Fsp3) is 0.344. The van der Waals surface area contributed by atoms with E-state index in [-0.39, 0.29) is 18.6 Å². The number of aromatic nitrogens is 1. The molecule has 3 aromatic rings. The third-order valence-corrected chi connectivity index (χ3v) is 6.62. The molecule has 2 heterocycles. The summed E-state index contributed by atoms with van der Waals surface area (Å²) >= 11 is 0. The average molecular weight is 554 g/mol. The van der Waals surface area contributed by atoms with E-state index in [1.165, 1.54) is 12.3 Å². The van der Waals surface area contributed by atoms with E-state index in [9.17, 15) is 10.1 Å². The summed E-state index contributed by atoms with van der Waals surface area (Å²) in [5.74, 6) is 2.79. The molecule has 4 rings (SSSR count). The van der Waals surface area contributed by atoms with Crippen LogP contribution in [0.3, 0.4) is 0 Å². The van der Waals surface area contributed by atoms with Gasteiger partial charge in [-0.1, -0.05) is 30.9 Å². The van der Waals surface area contributed by atoms with E-state index in [2.05, 4.69) is 32.9 Å². The van der Waals surface area contributed by atoms with Crippen LogP contribution in [0.5, 0.6) is 5.75 Å². The number of nitrogens with one attached hydrogen (secondary N) is 3. The van der Waals surface area contributed by atoms with Crippen LogP contribution in [-0.4, -0.2) is 55.0 Å². The lowest BCUT2D eigenvalue weighted by Crippen LogP contribution is -2.18. The lowest BCUT2D eigenvalue weighted by molar-refractivity contribution is -0.111. The second kappa shape index (κ2) is 15.4. The third-order valence-electron chi connectivity index (χ3n) is 6.62. The predicted octanol–water partition coefficient (Wildman–Crippen LogP) is 4.64. The van der Waals surface area contributed by atoms with Crippen LogP contribution >= 0.6 is 0 Å². The number of unbranched alkanes of at least 4 members (excludes halogenated alkanes) is 3. The van der Waals surface area contributed by atoms with Gasteiger partial charge in [0.15, 0.2) is 0 Å². The fourth-order valence-electron chi connectivity index (χ4n) is 4.49. The van der Waals surface area contributed by atoms with Crippen LogP contribution in [0.2, 0.25) is 0 Å². The minimum Gasteiger partial charge on any atom is -0.486 e. The number of anilines is 3. The number of ether oxygens (including phenoxy) is 2. The second-order valence-corrected chi connectivity index (χ2v) is 9.71. The third kappa shape index (κ3) is 8.54. The van der Waals surface area contributed by atoms with Crippen molar-refractivity contribution in [2.24, 2.45) is 0 Å². The molecule has 9 nitrogen and oxygen atoms in total. The Hall–Kier alpha value is -4.41. The molecule has 4 N–H and O–H groups in total. The number of hydrogen-bond donors (Lipinski definition) is 4. The van der Waals surface area contributed by atoms with Crippen LogP contribution in [0.25, 0.3) is 10.9 Å². The Labute approximate surface area is 240 Å². The number of terminal acetylenes is 1. The molecular weight excluding hydrogens is 518 g/mol. The smallest absolute Gasteiger partial charge is 0.248 e. The topological polar surface area (TPSA) is 129 Å². The standard InChI is InChI=1S/C32H35N5O4/c1-2-23-9-7-10-25(17-23)36-32-24(20-33)21-35-28-19-30(41-26-12-16-40-22-26)29(18-27(28)32)37-31(39)11-8-14-34-13-5-3-4-6-15-38/h1,7-11,17-19,21,26,34,38H,3-6,12-16,22H2,(H,35,36)(H,37,39)/t26-/m0/s1. The maximum Gasteiger partial charge on any atom is 0.248 e. The van der Waals surface area contributed by atoms with Gasteiger partial charge in [-0.15, -0.1) is 6.42 Å². The van der Waals surface area contributed by atoms with E-state index in [1.54, 1.807) is 18.2 Å². The zero-order chi connectivity index (χ0) is 28.9. The van der Waals surface area contributed by atoms with Gasteiger partial charge < -0.3 is 30.5 Å². The van der Waals surface area contributed by atoms with E-state index in [0.717, 1.165) is 44.3 Å². The Balaban J connectivity index is 1.56. The highest BCUT2D eigenvalue weighted by atomic mass is 16.5. The fourth-order valence-corrected chi connectivity index (χ4v) is 4.49. The van der Waals surface area contributed by atoms with Gasteiger partial charge in [0.2, 0.25) is 5.91 Å². The number of fused-ring (bicyclic) bond motifs is 1. The molecule has 2 aromatic carbocycles. The van der Waals surface area contributed by atoms with Crippen molar-refractivity contribution in [3.63, 3.8) is 0 Å². The number of hydrogen-bond acceptors (Lipinski definition) is 8. The molecule has 212 valence electrons. The number of nitriles is 1. The molecule has 1 aliphatic rings. The molecule has 1 atom stereocenters. The first-order valence-corrected chi connectivity index (χ1v) is 13.9. The van der Waals surface area contributed by atoms with Crippen molar-refractivity contribution in [1.29, 1.82) is 5.26 Å². The van der Waals surface area contributed by atoms with Gasteiger partial charge in [-0.3, -0.25) is 9.78 Å². The quantitative estimate of drug-likeness (QED) is 0.129. The summed E-state index contributed by atoms with van der Waals surface area (Å²) in [4.78, 5) is 17.4. The molecule has 0 spiro atoms. The van der Waals surface area contributed by atoms with Gasteiger partial charge in [0.1, 0.15) is 17.9 Å². The molecule has 1 fully saturated rings. The van der Waals surface area contributed by atoms with Crippen LogP contribution < -0.4 is 20.7 Å². The van der Waals surface area contributed by atoms with Crippen molar-refractivity contribution < 1.29 is 19.4 Å². The second-order valence-electron chi connectivity index (χ2n) is 9.71. The Kier molecular flexibility index (Phi) is 11.1. The molecular formula is C32H35N5O4. The number of rotatable bonds is 14. The Morgan fingerprint density at radius 2 is 2.12 bits per heavy atom. The molecule has 9 heteroatoms. The Bertz CT molecular complexity index is 1450. The van der Waals surface area contributed by atoms with Crippen molar-refractivity contribution in [3.8, 4) is 24.2 Å². The minimum absolute atomic E-state index is 0.136. The normalized spacial score (nSPS) is 14.6. The van der Waals surface area contributed by atoms with E-state index in [4.69, 9.17) is 21.0 Å². The summed E-state index contributed by atoms with van der Waals surface area (Å²) in [6, 6.07) is 13.1. The number of nitrogens with zero attached hydrogens (tertiary/aromatic N) is 2. The number of amides is 1. The molecule has 0 unspecified atom stereocenters. The maximum absolute atomic E-state index is 12.9. The summed E-state index contributed by atoms with van der Waals surface area (Å²) in [7, 11) is 0. The van der Waals surface area contributed by atoms with Crippen molar-refractivity contribution in [2.45, 2.75) is 38.2 Å². The van der Waals surface area contributed by atoms with Crippen LogP contribution in [0.1, 0.15) is 43.2 Å². The van der Waals surface area contributed by atoms with E-state index in [1.807, 2.05) is 24.3 Å². The number of carbonyl (C=O) groups excluding carboxylic acids is 1. The molecule has 1 amide bonds. The number of aliphatic hydroxyl groups is 1. The zero-order valence-electron chi connectivity index (χ0n) is 23.0. The van der Waals surface area contributed by atoms with Gasteiger partial charge in [0.25, 0.3) is 0 Å². The molecule has 0 bridgehead atoms. The van der Waals surface area contributed by atoms with Crippen LogP contribution in [0.4, 0.5) is 17.1 Å². The summed E-state index contributed by atoms with van der Waals surface area (Å²) in [6.07, 6.45) is 14.9. The van der Waals surface area contributed by atoms with Gasteiger partial charge >= 0.3 is 0 Å². The first-order chi connectivity index (χ1) is 20.1. The molecule has 41 heavy (non-hydrogen) atoms. The first kappa shape index (κ1) is 29.6. The highest BCUT2D eigenvalue weighted by molar-refractivity contribution is 6.04. The lowest BCUT2D eigenvalue weighted by Gasteiger charge is -2.18. The maximum atomic E-state index is 12.9. The number of carbonyl (C=O) groups is 1. The SMILES string of the molecule is C#Cc1cccc(Nc2c(C#N)cnc3cc(O[C@H]4CCOC4)c(NC(=O)C=CCNCCCCCCO)cc23)c1. The van der Waals surface area contributed by atoms with Gasteiger partial charge in [-0.25, -0.2) is 0 Å². The predicted molar refractivity (Wildman–Crippen MR) is 160 cm³/mol. The molecule has 1 aliphatic heterocycles. The molecule has 0 aliphatic carbocycles. The number of benzene rings is 2. The van der Waals surface area contributed by atoms with E-state index in [0.29, 0.717) is 58.9 Å². The molecule has 0 saturated carbocycles. The Morgan fingerprint density at radius 1 is 1.24 bits per heavy atom. The van der Waals surface area contributed by atoms with E-state index < -0.39 is 0 Å². The molecule has 1 aromatic heterocycles. The highest BCUT2D eigenvalue weighted by Crippen LogP contribution is 2.37.